The molecule has 0 amide bonds. The molecule has 1 aromatic heterocycles. The van der Waals surface area contributed by atoms with Gasteiger partial charge in [0.1, 0.15) is 0 Å². The summed E-state index contributed by atoms with van der Waals surface area (Å²) < 4.78 is 0. The number of rotatable bonds is 0. The van der Waals surface area contributed by atoms with Gasteiger partial charge in [-0.05, 0) is 62.5 Å². The lowest BCUT2D eigenvalue weighted by Gasteiger charge is -2.09. The van der Waals surface area contributed by atoms with Crippen molar-refractivity contribution in [3.05, 3.63) is 20.9 Å². The molecule has 1 heteroatoms. The third-order valence-corrected chi connectivity index (χ3v) is 5.80. The monoisotopic (exact) mass is 296 g/mol. The van der Waals surface area contributed by atoms with Crippen LogP contribution in [0.4, 0.5) is 0 Å². The van der Waals surface area contributed by atoms with Gasteiger partial charge in [0.25, 0.3) is 0 Å². The minimum Gasteiger partial charge on any atom is -0.145 e. The van der Waals surface area contributed by atoms with Crippen LogP contribution >= 0.6 is 11.3 Å². The fourth-order valence-corrected chi connectivity index (χ4v) is 4.82. The van der Waals surface area contributed by atoms with Crippen molar-refractivity contribution in [3.63, 3.8) is 0 Å². The Balaban J connectivity index is 1.86. The molecule has 1 aromatic rings. The molecule has 0 nitrogen and oxygen atoms in total. The molecule has 0 fully saturated rings. The predicted molar refractivity (Wildman–Crippen MR) is 91.6 cm³/mol. The van der Waals surface area contributed by atoms with Gasteiger partial charge >= 0.3 is 0 Å². The van der Waals surface area contributed by atoms with Crippen LogP contribution < -0.4 is 0 Å². The van der Waals surface area contributed by atoms with Gasteiger partial charge in [-0.2, -0.15) is 0 Å². The van der Waals surface area contributed by atoms with E-state index >= 15 is 0 Å². The molecular formula is C20H24S. The third kappa shape index (κ3) is 3.93. The molecule has 0 saturated carbocycles. The molecule has 2 aliphatic carbocycles. The Kier molecular flexibility index (Phi) is 5.42. The van der Waals surface area contributed by atoms with Crippen LogP contribution in [0.2, 0.25) is 0 Å². The minimum absolute atomic E-state index is 1.08. The lowest BCUT2D eigenvalue weighted by molar-refractivity contribution is 0.772. The van der Waals surface area contributed by atoms with E-state index in [1.165, 1.54) is 51.4 Å². The van der Waals surface area contributed by atoms with Crippen LogP contribution in [0.15, 0.2) is 0 Å². The summed E-state index contributed by atoms with van der Waals surface area (Å²) in [5.41, 5.74) is 3.43. The fourth-order valence-electron chi connectivity index (χ4n) is 3.33. The van der Waals surface area contributed by atoms with Gasteiger partial charge in [-0.3, -0.25) is 0 Å². The van der Waals surface area contributed by atoms with Crippen molar-refractivity contribution >= 4 is 11.3 Å². The summed E-state index contributed by atoms with van der Waals surface area (Å²) in [6.45, 7) is 0. The summed E-state index contributed by atoms with van der Waals surface area (Å²) in [5, 5.41) is 0. The highest BCUT2D eigenvalue weighted by molar-refractivity contribution is 7.12. The Morgan fingerprint density at radius 1 is 0.524 bits per heavy atom. The molecule has 0 aliphatic heterocycles. The van der Waals surface area contributed by atoms with Gasteiger partial charge in [0.05, 0.1) is 0 Å². The summed E-state index contributed by atoms with van der Waals surface area (Å²) >= 11 is 2.12. The number of thiophene rings is 1. The SMILES string of the molecule is C1#CCCCc2c(sc3c2CCCC#CCCC3)CCC1. The van der Waals surface area contributed by atoms with E-state index in [2.05, 4.69) is 35.0 Å². The smallest absolute Gasteiger partial charge is 0.00921 e. The average Bonchev–Trinajstić information content (AvgIpc) is 2.84. The van der Waals surface area contributed by atoms with Gasteiger partial charge in [0.15, 0.2) is 0 Å². The largest absolute Gasteiger partial charge is 0.145 e. The summed E-state index contributed by atoms with van der Waals surface area (Å²) in [5.74, 6) is 13.3. The van der Waals surface area contributed by atoms with E-state index in [0.717, 1.165) is 25.7 Å². The highest BCUT2D eigenvalue weighted by Gasteiger charge is 2.17. The Bertz CT molecular complexity index is 545. The van der Waals surface area contributed by atoms with Crippen molar-refractivity contribution in [2.45, 2.75) is 77.0 Å². The molecule has 0 atom stereocenters. The normalized spacial score (nSPS) is 19.0. The molecule has 0 spiro atoms. The highest BCUT2D eigenvalue weighted by atomic mass is 32.1. The van der Waals surface area contributed by atoms with Crippen LogP contribution in [0.25, 0.3) is 0 Å². The zero-order chi connectivity index (χ0) is 14.3. The summed E-state index contributed by atoms with van der Waals surface area (Å²) in [6, 6.07) is 0. The number of aryl methyl sites for hydroxylation is 2. The van der Waals surface area contributed by atoms with Crippen LogP contribution in [-0.2, 0) is 25.7 Å². The van der Waals surface area contributed by atoms with Crippen LogP contribution in [0.3, 0.4) is 0 Å². The summed E-state index contributed by atoms with van der Waals surface area (Å²) in [4.78, 5) is 3.37. The number of fused-ring (bicyclic) bond motifs is 3. The molecule has 0 saturated heterocycles. The second kappa shape index (κ2) is 7.72. The molecule has 0 unspecified atom stereocenters. The molecule has 110 valence electrons. The Hall–Kier alpha value is -1.18. The van der Waals surface area contributed by atoms with E-state index in [0.29, 0.717) is 0 Å². The van der Waals surface area contributed by atoms with Crippen molar-refractivity contribution in [1.29, 1.82) is 0 Å². The molecule has 0 radical (unpaired) electrons. The molecule has 2 aliphatic rings. The Morgan fingerprint density at radius 3 is 1.33 bits per heavy atom. The van der Waals surface area contributed by atoms with Crippen LogP contribution in [0.5, 0.6) is 0 Å². The van der Waals surface area contributed by atoms with E-state index in [1.807, 2.05) is 0 Å². The van der Waals surface area contributed by atoms with Gasteiger partial charge in [-0.25, -0.2) is 0 Å². The first-order chi connectivity index (χ1) is 10.4. The first kappa shape index (κ1) is 14.7. The first-order valence-corrected chi connectivity index (χ1v) is 9.30. The lowest BCUT2D eigenvalue weighted by Crippen LogP contribution is -1.99. The van der Waals surface area contributed by atoms with E-state index in [4.69, 9.17) is 0 Å². The van der Waals surface area contributed by atoms with Crippen molar-refractivity contribution in [1.82, 2.24) is 0 Å². The van der Waals surface area contributed by atoms with Gasteiger partial charge in [-0.15, -0.1) is 35.0 Å². The maximum absolute atomic E-state index is 3.33. The third-order valence-electron chi connectivity index (χ3n) is 4.40. The van der Waals surface area contributed by atoms with E-state index in [1.54, 1.807) is 20.9 Å². The molecule has 0 aromatic carbocycles. The number of hydrogen-bond donors (Lipinski definition) is 0. The van der Waals surface area contributed by atoms with Crippen molar-refractivity contribution in [2.75, 3.05) is 0 Å². The van der Waals surface area contributed by atoms with E-state index < -0.39 is 0 Å². The first-order valence-electron chi connectivity index (χ1n) is 8.49. The molecular weight excluding hydrogens is 272 g/mol. The van der Waals surface area contributed by atoms with Crippen molar-refractivity contribution in [2.24, 2.45) is 0 Å². The fraction of sp³-hybridized carbons (Fsp3) is 0.600. The van der Waals surface area contributed by atoms with Gasteiger partial charge in [0.2, 0.25) is 0 Å². The van der Waals surface area contributed by atoms with Crippen LogP contribution in [0, 0.1) is 23.7 Å². The highest BCUT2D eigenvalue weighted by Crippen LogP contribution is 2.34. The molecule has 0 bridgehead atoms. The number of hydrogen-bond acceptors (Lipinski definition) is 1. The molecule has 0 N–H and O–H groups in total. The van der Waals surface area contributed by atoms with Crippen LogP contribution in [-0.4, -0.2) is 0 Å². The standard InChI is InChI=1S/C20H24S/c1-3-7-11-15-19-17(13-9-5-1)18-14-10-6-2-4-8-12-16-20(18)21-19/h5-16H2. The Morgan fingerprint density at radius 2 is 0.905 bits per heavy atom. The van der Waals surface area contributed by atoms with Crippen molar-refractivity contribution < 1.29 is 0 Å². The average molecular weight is 296 g/mol. The molecule has 1 heterocycles. The van der Waals surface area contributed by atoms with Crippen molar-refractivity contribution in [3.8, 4) is 23.7 Å². The van der Waals surface area contributed by atoms with E-state index in [9.17, 15) is 0 Å². The topological polar surface area (TPSA) is 0 Å². The predicted octanol–water partition coefficient (Wildman–Crippen LogP) is 5.07. The maximum Gasteiger partial charge on any atom is 0.00921 e. The van der Waals surface area contributed by atoms with Crippen LogP contribution in [0.1, 0.15) is 72.2 Å². The van der Waals surface area contributed by atoms with E-state index in [-0.39, 0.29) is 0 Å². The zero-order valence-electron chi connectivity index (χ0n) is 12.9. The quantitative estimate of drug-likeness (QED) is 0.586. The second-order valence-corrected chi connectivity index (χ2v) is 7.22. The molecule has 21 heavy (non-hydrogen) atoms. The second-order valence-electron chi connectivity index (χ2n) is 6.03. The minimum atomic E-state index is 1.08. The lowest BCUT2D eigenvalue weighted by atomic mass is 9.94. The zero-order valence-corrected chi connectivity index (χ0v) is 13.7. The van der Waals surface area contributed by atoms with Gasteiger partial charge in [-0.1, -0.05) is 0 Å². The summed E-state index contributed by atoms with van der Waals surface area (Å²) in [6.07, 6.45) is 14.3. The maximum atomic E-state index is 3.33. The van der Waals surface area contributed by atoms with Gasteiger partial charge in [0, 0.05) is 35.4 Å². The Labute approximate surface area is 133 Å². The van der Waals surface area contributed by atoms with Gasteiger partial charge < -0.3 is 0 Å². The molecule has 3 rings (SSSR count). The summed E-state index contributed by atoms with van der Waals surface area (Å²) in [7, 11) is 0.